The molecular weight excluding hydrogens is 406 g/mol. The third-order valence-electron chi connectivity index (χ3n) is 2.72. The number of rotatable bonds is 0. The van der Waals surface area contributed by atoms with Gasteiger partial charge < -0.3 is 14.4 Å². The number of allylic oxidation sites excluding steroid dienone is 8. The Morgan fingerprint density at radius 3 is 1.23 bits per heavy atom. The molecule has 4 heteroatoms. The van der Waals surface area contributed by atoms with Crippen LogP contribution in [0.5, 0.6) is 0 Å². The molecule has 0 fully saturated rings. The molecule has 0 saturated carbocycles. The molecule has 0 aromatic heterocycles. The summed E-state index contributed by atoms with van der Waals surface area (Å²) < 4.78 is 0. The first-order valence-corrected chi connectivity index (χ1v) is 12.6. The topological polar surface area (TPSA) is 0 Å². The molecule has 0 radical (unpaired) electrons. The van der Waals surface area contributed by atoms with Gasteiger partial charge in [-0.3, -0.25) is 12.2 Å². The predicted octanol–water partition coefficient (Wildman–Crippen LogP) is 5.78. The van der Waals surface area contributed by atoms with Gasteiger partial charge in [-0.15, -0.1) is 51.5 Å². The molecule has 0 amide bonds. The molecule has 0 spiro atoms. The van der Waals surface area contributed by atoms with E-state index < -0.39 is 0 Å². The average Bonchev–Trinajstić information content (AvgIpc) is 2.94. The Labute approximate surface area is 169 Å². The van der Waals surface area contributed by atoms with Gasteiger partial charge in [-0.25, -0.2) is 23.3 Å². The first-order valence-electron chi connectivity index (χ1n) is 6.63. The summed E-state index contributed by atoms with van der Waals surface area (Å²) in [6.45, 7) is 16.0. The number of hydrogen-bond donors (Lipinski definition) is 0. The van der Waals surface area contributed by atoms with Crippen molar-refractivity contribution in [3.63, 3.8) is 0 Å². The molecule has 0 heterocycles. The van der Waals surface area contributed by atoms with Crippen molar-refractivity contribution >= 4 is 31.7 Å². The van der Waals surface area contributed by atoms with E-state index in [1.54, 1.807) is 23.3 Å². The molecule has 0 nitrogen and oxygen atoms in total. The minimum absolute atomic E-state index is 0. The van der Waals surface area contributed by atoms with Crippen molar-refractivity contribution in [3.8, 4) is 0 Å². The molecule has 130 valence electrons. The first-order chi connectivity index (χ1) is 9.02. The molecule has 0 N–H and O–H groups in total. The molecular formula is C18H32Cl2SiZr-4. The van der Waals surface area contributed by atoms with Crippen LogP contribution in [0.2, 0.25) is 0 Å². The summed E-state index contributed by atoms with van der Waals surface area (Å²) in [6, 6.07) is 0. The van der Waals surface area contributed by atoms with E-state index in [-0.39, 0.29) is 32.2 Å². The van der Waals surface area contributed by atoms with Crippen LogP contribution in [0.3, 0.4) is 0 Å². The summed E-state index contributed by atoms with van der Waals surface area (Å²) in [5.41, 5.74) is 5.69. The molecule has 0 unspecified atom stereocenters. The predicted molar refractivity (Wildman–Crippen MR) is 107 cm³/mol. The maximum atomic E-state index is 3.49. The molecule has 0 aliphatic heterocycles. The second-order valence-corrected chi connectivity index (χ2v) is 4.48. The third-order valence-corrected chi connectivity index (χ3v) is 2.72. The summed E-state index contributed by atoms with van der Waals surface area (Å²) in [5.74, 6) is 0. The van der Waals surface area contributed by atoms with Crippen LogP contribution in [-0.4, -0.2) is 6.88 Å². The molecule has 2 aliphatic rings. The Bertz CT molecular complexity index is 335. The van der Waals surface area contributed by atoms with E-state index in [2.05, 4.69) is 58.9 Å². The van der Waals surface area contributed by atoms with Gasteiger partial charge in [0.1, 0.15) is 0 Å². The summed E-state index contributed by atoms with van der Waals surface area (Å²) >= 11 is 1.58. The molecule has 22 heavy (non-hydrogen) atoms. The molecule has 0 atom stereocenters. The van der Waals surface area contributed by atoms with E-state index in [1.165, 1.54) is 22.3 Å². The van der Waals surface area contributed by atoms with Gasteiger partial charge in [0.2, 0.25) is 0 Å². The van der Waals surface area contributed by atoms with Crippen LogP contribution in [0.15, 0.2) is 34.4 Å². The zero-order valence-electron chi connectivity index (χ0n) is 15.0. The van der Waals surface area contributed by atoms with Crippen molar-refractivity contribution < 1.29 is 23.3 Å². The van der Waals surface area contributed by atoms with Crippen molar-refractivity contribution in [3.05, 3.63) is 60.9 Å². The fourth-order valence-electron chi connectivity index (χ4n) is 1.24. The summed E-state index contributed by atoms with van der Waals surface area (Å²) in [4.78, 5) is 0. The van der Waals surface area contributed by atoms with Crippen LogP contribution in [0.25, 0.3) is 0 Å². The second kappa shape index (κ2) is 23.9. The van der Waals surface area contributed by atoms with E-state index in [1.807, 2.05) is 13.8 Å². The summed E-state index contributed by atoms with van der Waals surface area (Å²) in [7, 11) is 0. The zero-order valence-corrected chi connectivity index (χ0v) is 20.5. The van der Waals surface area contributed by atoms with Gasteiger partial charge in [-0.2, -0.15) is 17.6 Å². The van der Waals surface area contributed by atoms with Crippen LogP contribution in [-0.2, 0) is 23.3 Å². The molecule has 0 bridgehead atoms. The molecule has 2 rings (SSSR count). The minimum atomic E-state index is 0. The van der Waals surface area contributed by atoms with Crippen molar-refractivity contribution in [2.75, 3.05) is 0 Å². The maximum absolute atomic E-state index is 3.49. The monoisotopic (exact) mass is 436 g/mol. The second-order valence-electron chi connectivity index (χ2n) is 4.48. The quantitative estimate of drug-likeness (QED) is 0.332. The molecule has 0 aromatic carbocycles. The zero-order chi connectivity index (χ0) is 15.3. The number of halogens is 2. The average molecular weight is 439 g/mol. The van der Waals surface area contributed by atoms with Gasteiger partial charge in [-0.05, 0) is 0 Å². The Morgan fingerprint density at radius 2 is 1.18 bits per heavy atom. The van der Waals surface area contributed by atoms with Crippen molar-refractivity contribution in [1.82, 2.24) is 0 Å². The summed E-state index contributed by atoms with van der Waals surface area (Å²) in [6.07, 6.45) is 13.4. The van der Waals surface area contributed by atoms with Gasteiger partial charge in [0, 0.05) is 0 Å². The van der Waals surface area contributed by atoms with Crippen LogP contribution >= 0.6 is 24.8 Å². The SMILES string of the molecule is CC1=C(C)C[C-]=C1.CC1=C(C)C[C-]=C1.Cl.Cl.[CH2-]CC.[CH3-].[SiH2]=[Zr]. The van der Waals surface area contributed by atoms with Crippen LogP contribution in [0, 0.1) is 26.5 Å². The Balaban J connectivity index is -0.0000000617. The van der Waals surface area contributed by atoms with E-state index in [0.717, 1.165) is 19.3 Å². The molecule has 0 aromatic rings. The van der Waals surface area contributed by atoms with E-state index in [0.29, 0.717) is 0 Å². The van der Waals surface area contributed by atoms with E-state index >= 15 is 0 Å². The third kappa shape index (κ3) is 18.7. The van der Waals surface area contributed by atoms with Gasteiger partial charge in [-0.1, -0.05) is 20.8 Å². The van der Waals surface area contributed by atoms with Gasteiger partial charge >= 0.3 is 30.2 Å². The standard InChI is InChI=1S/2C7H9.C3H7.CH3.2ClH.H2Si.Zr/c2*1-6-4-3-5-7(6)2;1-3-2;;;;;/h2*4H,5H2,1-2H3;1,3H2,2H3;1H3;2*1H;1H2;/q4*-1;;;;. The van der Waals surface area contributed by atoms with E-state index in [9.17, 15) is 0 Å². The Morgan fingerprint density at radius 1 is 0.955 bits per heavy atom. The van der Waals surface area contributed by atoms with Gasteiger partial charge in [0.15, 0.2) is 0 Å². The molecule has 0 saturated heterocycles. The Kier molecular flexibility index (Phi) is 37.0. The fourth-order valence-corrected chi connectivity index (χ4v) is 1.24. The fraction of sp³-hybridized carbons (Fsp3) is 0.444. The van der Waals surface area contributed by atoms with Crippen molar-refractivity contribution in [2.45, 2.75) is 53.9 Å². The van der Waals surface area contributed by atoms with Crippen LogP contribution in [0.1, 0.15) is 53.9 Å². The summed E-state index contributed by atoms with van der Waals surface area (Å²) in [5, 5.41) is 0. The van der Waals surface area contributed by atoms with Crippen molar-refractivity contribution in [1.29, 1.82) is 0 Å². The first kappa shape index (κ1) is 34.1. The van der Waals surface area contributed by atoms with E-state index in [4.69, 9.17) is 0 Å². The number of hydrogen-bond acceptors (Lipinski definition) is 0. The van der Waals surface area contributed by atoms with Crippen LogP contribution < -0.4 is 0 Å². The van der Waals surface area contributed by atoms with Gasteiger partial charge in [0.05, 0.1) is 0 Å². The molecule has 2 aliphatic carbocycles. The normalized spacial score (nSPS) is 13.1. The van der Waals surface area contributed by atoms with Gasteiger partial charge in [0.25, 0.3) is 0 Å². The Hall–Kier alpha value is 0.640. The van der Waals surface area contributed by atoms with Crippen molar-refractivity contribution in [2.24, 2.45) is 0 Å². The van der Waals surface area contributed by atoms with Crippen LogP contribution in [0.4, 0.5) is 0 Å².